The van der Waals surface area contributed by atoms with Gasteiger partial charge in [-0.05, 0) is 76.6 Å². The number of aryl methyl sites for hydroxylation is 3. The molecular formula is C16H27NO. The minimum absolute atomic E-state index is 0.0613. The van der Waals surface area contributed by atoms with Crippen molar-refractivity contribution in [1.82, 2.24) is 0 Å². The topological polar surface area (TPSA) is 35.2 Å². The Labute approximate surface area is 112 Å². The summed E-state index contributed by atoms with van der Waals surface area (Å²) in [6, 6.07) is 4.41. The summed E-state index contributed by atoms with van der Waals surface area (Å²) in [5.74, 6) is 1.01. The quantitative estimate of drug-likeness (QED) is 0.833. The van der Waals surface area contributed by atoms with Gasteiger partial charge in [-0.3, -0.25) is 0 Å². The highest BCUT2D eigenvalue weighted by Gasteiger charge is 2.11. The van der Waals surface area contributed by atoms with Crippen molar-refractivity contribution in [2.24, 2.45) is 5.73 Å². The van der Waals surface area contributed by atoms with Gasteiger partial charge in [0.05, 0.1) is 6.61 Å². The molecule has 0 bridgehead atoms. The Morgan fingerprint density at radius 1 is 1.17 bits per heavy atom. The predicted molar refractivity (Wildman–Crippen MR) is 78.3 cm³/mol. The van der Waals surface area contributed by atoms with Crippen LogP contribution >= 0.6 is 0 Å². The van der Waals surface area contributed by atoms with E-state index in [2.05, 4.69) is 39.8 Å². The van der Waals surface area contributed by atoms with Crippen molar-refractivity contribution in [3.63, 3.8) is 0 Å². The van der Waals surface area contributed by atoms with E-state index in [1.54, 1.807) is 0 Å². The fourth-order valence-electron chi connectivity index (χ4n) is 2.16. The summed E-state index contributed by atoms with van der Waals surface area (Å²) in [6.45, 7) is 11.2. The number of rotatable bonds is 6. The summed E-state index contributed by atoms with van der Waals surface area (Å²) >= 11 is 0. The van der Waals surface area contributed by atoms with Gasteiger partial charge in [0, 0.05) is 5.54 Å². The Hall–Kier alpha value is -1.02. The lowest BCUT2D eigenvalue weighted by Crippen LogP contribution is -2.31. The predicted octanol–water partition coefficient (Wildman–Crippen LogP) is 3.76. The highest BCUT2D eigenvalue weighted by molar-refractivity contribution is 5.41. The molecule has 0 atom stereocenters. The number of hydrogen-bond donors (Lipinski definition) is 1. The van der Waals surface area contributed by atoms with Gasteiger partial charge in [-0.25, -0.2) is 0 Å². The molecule has 1 aromatic carbocycles. The van der Waals surface area contributed by atoms with Crippen LogP contribution in [-0.4, -0.2) is 12.1 Å². The van der Waals surface area contributed by atoms with E-state index in [0.717, 1.165) is 31.6 Å². The second kappa shape index (κ2) is 6.24. The van der Waals surface area contributed by atoms with Crippen LogP contribution in [0.5, 0.6) is 5.75 Å². The maximum atomic E-state index is 6.01. The maximum Gasteiger partial charge on any atom is 0.122 e. The fraction of sp³-hybridized carbons (Fsp3) is 0.625. The molecule has 0 fully saturated rings. The Bertz CT molecular complexity index is 391. The lowest BCUT2D eigenvalue weighted by molar-refractivity contribution is 0.337. The van der Waals surface area contributed by atoms with Crippen LogP contribution < -0.4 is 10.5 Å². The molecule has 0 aliphatic carbocycles. The SMILES string of the molecule is CCOc1cc(C)c(CCCC(C)(C)N)cc1C. The zero-order valence-electron chi connectivity index (χ0n) is 12.5. The van der Waals surface area contributed by atoms with Gasteiger partial charge in [-0.15, -0.1) is 0 Å². The van der Waals surface area contributed by atoms with E-state index in [-0.39, 0.29) is 5.54 Å². The second-order valence-corrected chi connectivity index (χ2v) is 5.82. The van der Waals surface area contributed by atoms with Gasteiger partial charge in [-0.1, -0.05) is 6.07 Å². The molecule has 2 nitrogen and oxygen atoms in total. The molecule has 2 heteroatoms. The smallest absolute Gasteiger partial charge is 0.122 e. The van der Waals surface area contributed by atoms with Crippen LogP contribution in [0, 0.1) is 13.8 Å². The average Bonchev–Trinajstić information content (AvgIpc) is 2.23. The molecule has 18 heavy (non-hydrogen) atoms. The second-order valence-electron chi connectivity index (χ2n) is 5.82. The number of nitrogens with two attached hydrogens (primary N) is 1. The van der Waals surface area contributed by atoms with Crippen LogP contribution in [0.4, 0.5) is 0 Å². The van der Waals surface area contributed by atoms with Crippen molar-refractivity contribution in [3.05, 3.63) is 28.8 Å². The fourth-order valence-corrected chi connectivity index (χ4v) is 2.16. The zero-order valence-corrected chi connectivity index (χ0v) is 12.5. The summed E-state index contributed by atoms with van der Waals surface area (Å²) < 4.78 is 5.61. The van der Waals surface area contributed by atoms with Crippen LogP contribution in [0.3, 0.4) is 0 Å². The van der Waals surface area contributed by atoms with Crippen LogP contribution in [0.15, 0.2) is 12.1 Å². The van der Waals surface area contributed by atoms with Crippen molar-refractivity contribution < 1.29 is 4.74 Å². The van der Waals surface area contributed by atoms with Gasteiger partial charge in [0.15, 0.2) is 0 Å². The summed E-state index contributed by atoms with van der Waals surface area (Å²) in [6.07, 6.45) is 3.29. The normalized spacial score (nSPS) is 11.7. The molecule has 102 valence electrons. The molecule has 0 aliphatic rings. The molecule has 0 spiro atoms. The standard InChI is InChI=1S/C16H27NO/c1-6-18-15-11-12(2)14(10-13(15)3)8-7-9-16(4,5)17/h10-11H,6-9,17H2,1-5H3. The summed E-state index contributed by atoms with van der Waals surface area (Å²) in [5.41, 5.74) is 9.91. The van der Waals surface area contributed by atoms with E-state index in [9.17, 15) is 0 Å². The van der Waals surface area contributed by atoms with Crippen LogP contribution in [-0.2, 0) is 6.42 Å². The van der Waals surface area contributed by atoms with Crippen molar-refractivity contribution in [1.29, 1.82) is 0 Å². The molecule has 0 amide bonds. The Balaban J connectivity index is 2.70. The molecule has 0 aromatic heterocycles. The Morgan fingerprint density at radius 3 is 2.39 bits per heavy atom. The molecule has 0 radical (unpaired) electrons. The molecule has 0 saturated carbocycles. The highest BCUT2D eigenvalue weighted by Crippen LogP contribution is 2.24. The first-order chi connectivity index (χ1) is 8.33. The third-order valence-electron chi connectivity index (χ3n) is 3.20. The van der Waals surface area contributed by atoms with Crippen LogP contribution in [0.25, 0.3) is 0 Å². The molecule has 0 heterocycles. The summed E-state index contributed by atoms with van der Waals surface area (Å²) in [4.78, 5) is 0. The lowest BCUT2D eigenvalue weighted by atomic mass is 9.94. The summed E-state index contributed by atoms with van der Waals surface area (Å²) in [5, 5.41) is 0. The molecule has 1 rings (SSSR count). The molecule has 2 N–H and O–H groups in total. The molecule has 1 aromatic rings. The van der Waals surface area contributed by atoms with E-state index in [1.165, 1.54) is 16.7 Å². The first-order valence-corrected chi connectivity index (χ1v) is 6.85. The van der Waals surface area contributed by atoms with Crippen molar-refractivity contribution in [3.8, 4) is 5.75 Å². The van der Waals surface area contributed by atoms with Gasteiger partial charge in [0.2, 0.25) is 0 Å². The van der Waals surface area contributed by atoms with Crippen molar-refractivity contribution >= 4 is 0 Å². The first-order valence-electron chi connectivity index (χ1n) is 6.85. The van der Waals surface area contributed by atoms with Gasteiger partial charge < -0.3 is 10.5 Å². The zero-order chi connectivity index (χ0) is 13.8. The minimum atomic E-state index is -0.0613. The van der Waals surface area contributed by atoms with E-state index in [1.807, 2.05) is 6.92 Å². The monoisotopic (exact) mass is 249 g/mol. The molecule has 0 aliphatic heterocycles. The average molecular weight is 249 g/mol. The lowest BCUT2D eigenvalue weighted by Gasteiger charge is -2.18. The Morgan fingerprint density at radius 2 is 1.83 bits per heavy atom. The molecule has 0 saturated heterocycles. The van der Waals surface area contributed by atoms with Crippen molar-refractivity contribution in [2.45, 2.75) is 59.4 Å². The largest absolute Gasteiger partial charge is 0.494 e. The number of ether oxygens (including phenoxy) is 1. The van der Waals surface area contributed by atoms with Crippen molar-refractivity contribution in [2.75, 3.05) is 6.61 Å². The first kappa shape index (κ1) is 15.0. The minimum Gasteiger partial charge on any atom is -0.494 e. The van der Waals surface area contributed by atoms with Crippen LogP contribution in [0.1, 0.15) is 50.3 Å². The van der Waals surface area contributed by atoms with Gasteiger partial charge in [0.25, 0.3) is 0 Å². The number of hydrogen-bond acceptors (Lipinski definition) is 2. The summed E-state index contributed by atoms with van der Waals surface area (Å²) in [7, 11) is 0. The van der Waals surface area contributed by atoms with Gasteiger partial charge in [-0.2, -0.15) is 0 Å². The Kier molecular flexibility index (Phi) is 5.21. The molecule has 0 unspecified atom stereocenters. The van der Waals surface area contributed by atoms with E-state index >= 15 is 0 Å². The third-order valence-corrected chi connectivity index (χ3v) is 3.20. The van der Waals surface area contributed by atoms with Crippen LogP contribution in [0.2, 0.25) is 0 Å². The van der Waals surface area contributed by atoms with Gasteiger partial charge in [0.1, 0.15) is 5.75 Å². The number of benzene rings is 1. The third kappa shape index (κ3) is 4.69. The van der Waals surface area contributed by atoms with E-state index in [4.69, 9.17) is 10.5 Å². The van der Waals surface area contributed by atoms with E-state index in [0.29, 0.717) is 0 Å². The maximum absolute atomic E-state index is 6.01. The van der Waals surface area contributed by atoms with E-state index < -0.39 is 0 Å². The highest BCUT2D eigenvalue weighted by atomic mass is 16.5. The molecular weight excluding hydrogens is 222 g/mol. The van der Waals surface area contributed by atoms with Gasteiger partial charge >= 0.3 is 0 Å².